The number of hydrogen-bond donors (Lipinski definition) is 0. The van der Waals surface area contributed by atoms with Crippen molar-refractivity contribution in [2.75, 3.05) is 19.7 Å². The Bertz CT molecular complexity index is 625. The standard InChI is InChI=1S/C16H19BrF3NO4/c1-15(2,3)25-14(22)21-7-10(8-21)9-23-11-4-5-12(17)13(6-11)24-16(18,19)20/h4-6,10H,7-9H2,1-3H3. The fourth-order valence-corrected chi connectivity index (χ4v) is 2.47. The minimum absolute atomic E-state index is 0.100. The van der Waals surface area contributed by atoms with Gasteiger partial charge in [-0.15, -0.1) is 13.2 Å². The van der Waals surface area contributed by atoms with Crippen molar-refractivity contribution >= 4 is 22.0 Å². The van der Waals surface area contributed by atoms with Crippen molar-refractivity contribution in [2.45, 2.75) is 32.7 Å². The summed E-state index contributed by atoms with van der Waals surface area (Å²) in [5.41, 5.74) is -0.551. The van der Waals surface area contributed by atoms with E-state index in [1.165, 1.54) is 18.2 Å². The van der Waals surface area contributed by atoms with E-state index in [1.54, 1.807) is 25.7 Å². The molecular weight excluding hydrogens is 407 g/mol. The molecule has 1 aliphatic rings. The molecule has 1 aliphatic heterocycles. The van der Waals surface area contributed by atoms with Crippen LogP contribution < -0.4 is 9.47 Å². The molecule has 25 heavy (non-hydrogen) atoms. The van der Waals surface area contributed by atoms with E-state index in [0.29, 0.717) is 13.1 Å². The summed E-state index contributed by atoms with van der Waals surface area (Å²) in [6.07, 6.45) is -5.16. The highest BCUT2D eigenvalue weighted by atomic mass is 79.9. The molecule has 1 saturated heterocycles. The van der Waals surface area contributed by atoms with Gasteiger partial charge in [0, 0.05) is 25.1 Å². The highest BCUT2D eigenvalue weighted by Crippen LogP contribution is 2.34. The van der Waals surface area contributed by atoms with Gasteiger partial charge >= 0.3 is 12.5 Å². The predicted molar refractivity (Wildman–Crippen MR) is 87.6 cm³/mol. The second-order valence-corrected chi connectivity index (χ2v) is 7.56. The Hall–Kier alpha value is -1.64. The molecule has 0 spiro atoms. The summed E-state index contributed by atoms with van der Waals surface area (Å²) in [5.74, 6) is -0.00434. The van der Waals surface area contributed by atoms with Crippen molar-refractivity contribution in [1.29, 1.82) is 0 Å². The maximum Gasteiger partial charge on any atom is 0.573 e. The Morgan fingerprint density at radius 3 is 2.48 bits per heavy atom. The van der Waals surface area contributed by atoms with Crippen LogP contribution >= 0.6 is 15.9 Å². The van der Waals surface area contributed by atoms with Gasteiger partial charge in [0.25, 0.3) is 0 Å². The number of carbonyl (C=O) groups is 1. The van der Waals surface area contributed by atoms with Crippen LogP contribution in [0.3, 0.4) is 0 Å². The minimum atomic E-state index is -4.77. The number of ether oxygens (including phenoxy) is 3. The van der Waals surface area contributed by atoms with Crippen LogP contribution in [0.4, 0.5) is 18.0 Å². The van der Waals surface area contributed by atoms with Crippen molar-refractivity contribution in [3.8, 4) is 11.5 Å². The van der Waals surface area contributed by atoms with Gasteiger partial charge in [-0.05, 0) is 48.8 Å². The molecule has 1 aromatic rings. The molecule has 9 heteroatoms. The zero-order valence-corrected chi connectivity index (χ0v) is 15.6. The lowest BCUT2D eigenvalue weighted by molar-refractivity contribution is -0.274. The first kappa shape index (κ1) is 19.7. The molecule has 0 aliphatic carbocycles. The average Bonchev–Trinajstić information content (AvgIpc) is 2.36. The number of likely N-dealkylation sites (tertiary alicyclic amines) is 1. The number of halogens is 4. The molecule has 0 aromatic heterocycles. The summed E-state index contributed by atoms with van der Waals surface area (Å²) in [5, 5.41) is 0. The van der Waals surface area contributed by atoms with E-state index >= 15 is 0 Å². The summed E-state index contributed by atoms with van der Waals surface area (Å²) < 4.78 is 51.8. The Morgan fingerprint density at radius 1 is 1.28 bits per heavy atom. The number of rotatable bonds is 4. The van der Waals surface area contributed by atoms with Crippen LogP contribution in [0.5, 0.6) is 11.5 Å². The number of amides is 1. The number of carbonyl (C=O) groups excluding carboxylic acids is 1. The topological polar surface area (TPSA) is 48.0 Å². The van der Waals surface area contributed by atoms with E-state index < -0.39 is 12.0 Å². The molecule has 5 nitrogen and oxygen atoms in total. The zero-order valence-electron chi connectivity index (χ0n) is 14.0. The lowest BCUT2D eigenvalue weighted by Gasteiger charge is -2.39. The Labute approximate surface area is 152 Å². The predicted octanol–water partition coefficient (Wildman–Crippen LogP) is 4.59. The van der Waals surface area contributed by atoms with Gasteiger partial charge in [-0.1, -0.05) is 0 Å². The van der Waals surface area contributed by atoms with Gasteiger partial charge in [-0.2, -0.15) is 0 Å². The summed E-state index contributed by atoms with van der Waals surface area (Å²) in [4.78, 5) is 13.4. The fraction of sp³-hybridized carbons (Fsp3) is 0.562. The van der Waals surface area contributed by atoms with Gasteiger partial charge in [0.2, 0.25) is 0 Å². The molecule has 0 atom stereocenters. The molecule has 0 saturated carbocycles. The normalized spacial score (nSPS) is 15.6. The number of hydrogen-bond acceptors (Lipinski definition) is 4. The molecule has 0 bridgehead atoms. The largest absolute Gasteiger partial charge is 0.573 e. The first-order chi connectivity index (χ1) is 11.4. The van der Waals surface area contributed by atoms with Crippen molar-refractivity contribution in [3.63, 3.8) is 0 Å². The maximum absolute atomic E-state index is 12.3. The monoisotopic (exact) mass is 425 g/mol. The summed E-state index contributed by atoms with van der Waals surface area (Å²) in [6.45, 7) is 6.62. The fourth-order valence-electron chi connectivity index (χ4n) is 2.14. The van der Waals surface area contributed by atoms with E-state index in [4.69, 9.17) is 9.47 Å². The first-order valence-corrected chi connectivity index (χ1v) is 8.38. The van der Waals surface area contributed by atoms with Crippen LogP contribution in [0.1, 0.15) is 20.8 Å². The van der Waals surface area contributed by atoms with Crippen molar-refractivity contribution < 1.29 is 32.2 Å². The number of benzene rings is 1. The van der Waals surface area contributed by atoms with Crippen LogP contribution in [0.15, 0.2) is 22.7 Å². The summed E-state index contributed by atoms with van der Waals surface area (Å²) in [6, 6.07) is 4.13. The van der Waals surface area contributed by atoms with E-state index in [2.05, 4.69) is 20.7 Å². The van der Waals surface area contributed by atoms with Crippen molar-refractivity contribution in [1.82, 2.24) is 4.90 Å². The molecule has 0 radical (unpaired) electrons. The molecule has 1 fully saturated rings. The van der Waals surface area contributed by atoms with E-state index in [0.717, 1.165) is 0 Å². The van der Waals surface area contributed by atoms with Crippen LogP contribution in [0, 0.1) is 5.92 Å². The van der Waals surface area contributed by atoms with Gasteiger partial charge in [-0.25, -0.2) is 4.79 Å². The summed E-state index contributed by atoms with van der Waals surface area (Å²) in [7, 11) is 0. The molecule has 1 heterocycles. The molecule has 140 valence electrons. The lowest BCUT2D eigenvalue weighted by atomic mass is 10.0. The van der Waals surface area contributed by atoms with Crippen LogP contribution in [-0.2, 0) is 4.74 Å². The Balaban J connectivity index is 1.82. The zero-order chi connectivity index (χ0) is 18.8. The molecule has 1 amide bonds. The minimum Gasteiger partial charge on any atom is -0.493 e. The molecule has 1 aromatic carbocycles. The van der Waals surface area contributed by atoms with Crippen molar-refractivity contribution in [2.24, 2.45) is 5.92 Å². The highest BCUT2D eigenvalue weighted by Gasteiger charge is 2.34. The van der Waals surface area contributed by atoms with Gasteiger partial charge in [0.05, 0.1) is 11.1 Å². The van der Waals surface area contributed by atoms with Crippen LogP contribution in [-0.4, -0.2) is 42.7 Å². The van der Waals surface area contributed by atoms with E-state index in [1.807, 2.05) is 0 Å². The Kier molecular flexibility index (Phi) is 5.75. The smallest absolute Gasteiger partial charge is 0.493 e. The van der Waals surface area contributed by atoms with Crippen LogP contribution in [0.2, 0.25) is 0 Å². The second-order valence-electron chi connectivity index (χ2n) is 6.70. The van der Waals surface area contributed by atoms with E-state index in [-0.39, 0.29) is 34.6 Å². The van der Waals surface area contributed by atoms with Gasteiger partial charge in [0.1, 0.15) is 17.1 Å². The van der Waals surface area contributed by atoms with Gasteiger partial charge < -0.3 is 19.1 Å². The average molecular weight is 426 g/mol. The molecule has 0 unspecified atom stereocenters. The third kappa shape index (κ3) is 6.30. The maximum atomic E-state index is 12.3. The molecule has 2 rings (SSSR count). The van der Waals surface area contributed by atoms with E-state index in [9.17, 15) is 18.0 Å². The van der Waals surface area contributed by atoms with Gasteiger partial charge in [0.15, 0.2) is 0 Å². The highest BCUT2D eigenvalue weighted by molar-refractivity contribution is 9.10. The van der Waals surface area contributed by atoms with Crippen LogP contribution in [0.25, 0.3) is 0 Å². The van der Waals surface area contributed by atoms with Crippen molar-refractivity contribution in [3.05, 3.63) is 22.7 Å². The SMILES string of the molecule is CC(C)(C)OC(=O)N1CC(COc2ccc(Br)c(OC(F)(F)F)c2)C1. The second kappa shape index (κ2) is 7.31. The third-order valence-corrected chi connectivity index (χ3v) is 3.88. The number of nitrogens with zero attached hydrogens (tertiary/aromatic N) is 1. The quantitative estimate of drug-likeness (QED) is 0.707. The number of alkyl halides is 3. The first-order valence-electron chi connectivity index (χ1n) is 7.59. The van der Waals surface area contributed by atoms with Gasteiger partial charge in [-0.3, -0.25) is 0 Å². The lowest BCUT2D eigenvalue weighted by Crippen LogP contribution is -2.53. The summed E-state index contributed by atoms with van der Waals surface area (Å²) >= 11 is 3.00. The Morgan fingerprint density at radius 2 is 1.92 bits per heavy atom. The molecular formula is C16H19BrF3NO4. The molecule has 0 N–H and O–H groups in total. The third-order valence-electron chi connectivity index (χ3n) is 3.22.